The van der Waals surface area contributed by atoms with Crippen LogP contribution >= 0.6 is 11.6 Å². The second kappa shape index (κ2) is 5.51. The third-order valence-corrected chi connectivity index (χ3v) is 3.97. The lowest BCUT2D eigenvalue weighted by atomic mass is 9.97. The van der Waals surface area contributed by atoms with Gasteiger partial charge in [0.15, 0.2) is 0 Å². The predicted molar refractivity (Wildman–Crippen MR) is 73.2 cm³/mol. The number of esters is 1. The van der Waals surface area contributed by atoms with Gasteiger partial charge in [-0.3, -0.25) is 14.8 Å². The van der Waals surface area contributed by atoms with Crippen LogP contribution in [0, 0.1) is 6.92 Å². The van der Waals surface area contributed by atoms with Crippen molar-refractivity contribution >= 4 is 17.6 Å². The van der Waals surface area contributed by atoms with Crippen molar-refractivity contribution in [2.75, 3.05) is 7.11 Å². The molecule has 0 aromatic carbocycles. The van der Waals surface area contributed by atoms with Crippen LogP contribution in [-0.4, -0.2) is 34.4 Å². The smallest absolute Gasteiger partial charge is 0.325 e. The fraction of sp³-hybridized carbons (Fsp3) is 0.692. The van der Waals surface area contributed by atoms with Crippen LogP contribution in [0.5, 0.6) is 0 Å². The summed E-state index contributed by atoms with van der Waals surface area (Å²) in [6.07, 6.45) is 4.49. The minimum Gasteiger partial charge on any atom is -0.468 e. The number of methoxy groups -OCH3 is 1. The average Bonchev–Trinajstić information content (AvgIpc) is 3.14. The summed E-state index contributed by atoms with van der Waals surface area (Å²) >= 11 is 5.97. The number of nitrogens with one attached hydrogen (secondary N) is 1. The highest BCUT2D eigenvalue weighted by atomic mass is 35.5. The topological polar surface area (TPSA) is 56.2 Å². The molecule has 1 aromatic rings. The Labute approximate surface area is 118 Å². The molecule has 1 atom stereocenters. The Morgan fingerprint density at radius 1 is 1.68 bits per heavy atom. The van der Waals surface area contributed by atoms with Gasteiger partial charge >= 0.3 is 5.97 Å². The fourth-order valence-corrected chi connectivity index (χ4v) is 2.26. The monoisotopic (exact) mass is 285 g/mol. The van der Waals surface area contributed by atoms with Gasteiger partial charge in [0.05, 0.1) is 24.0 Å². The van der Waals surface area contributed by atoms with Crippen LogP contribution in [-0.2, 0) is 16.1 Å². The number of ether oxygens (including phenoxy) is 1. The van der Waals surface area contributed by atoms with E-state index in [2.05, 4.69) is 10.4 Å². The van der Waals surface area contributed by atoms with E-state index in [1.54, 1.807) is 6.20 Å². The minimum absolute atomic E-state index is 0.227. The Bertz CT molecular complexity index is 470. The first-order valence-corrected chi connectivity index (χ1v) is 6.88. The summed E-state index contributed by atoms with van der Waals surface area (Å²) < 4.78 is 6.73. The standard InChI is InChI=1S/C13H20ClN3O2/c1-9-11(14)8-15-17(9)7-6-13(2,12(18)19-3)16-10-4-5-10/h8,10,16H,4-7H2,1-3H3. The molecule has 0 amide bonds. The molecule has 1 fully saturated rings. The van der Waals surface area contributed by atoms with Gasteiger partial charge < -0.3 is 4.74 Å². The molecule has 5 nitrogen and oxygen atoms in total. The molecule has 1 heterocycles. The fourth-order valence-electron chi connectivity index (χ4n) is 2.12. The van der Waals surface area contributed by atoms with Gasteiger partial charge in [-0.25, -0.2) is 0 Å². The molecule has 1 saturated carbocycles. The Morgan fingerprint density at radius 2 is 2.37 bits per heavy atom. The van der Waals surface area contributed by atoms with Gasteiger partial charge in [0.25, 0.3) is 0 Å². The predicted octanol–water partition coefficient (Wildman–Crippen LogP) is 1.92. The van der Waals surface area contributed by atoms with E-state index in [1.165, 1.54) is 7.11 Å². The zero-order valence-electron chi connectivity index (χ0n) is 11.6. The number of hydrogen-bond acceptors (Lipinski definition) is 4. The van der Waals surface area contributed by atoms with Crippen molar-refractivity contribution in [2.45, 2.75) is 51.2 Å². The van der Waals surface area contributed by atoms with Gasteiger partial charge in [0.2, 0.25) is 0 Å². The van der Waals surface area contributed by atoms with Gasteiger partial charge in [0.1, 0.15) is 5.54 Å². The third-order valence-electron chi connectivity index (χ3n) is 3.60. The Morgan fingerprint density at radius 3 is 2.84 bits per heavy atom. The minimum atomic E-state index is -0.666. The molecule has 0 saturated heterocycles. The number of aryl methyl sites for hydroxylation is 1. The molecule has 1 aromatic heterocycles. The van der Waals surface area contributed by atoms with E-state index in [1.807, 2.05) is 18.5 Å². The number of carbonyl (C=O) groups is 1. The number of rotatable bonds is 6. The van der Waals surface area contributed by atoms with Crippen molar-refractivity contribution in [2.24, 2.45) is 0 Å². The Balaban J connectivity index is 2.03. The summed E-state index contributed by atoms with van der Waals surface area (Å²) in [6, 6.07) is 0.436. The summed E-state index contributed by atoms with van der Waals surface area (Å²) in [5.41, 5.74) is 0.251. The first-order valence-electron chi connectivity index (χ1n) is 6.50. The number of halogens is 1. The lowest BCUT2D eigenvalue weighted by molar-refractivity contribution is -0.148. The third kappa shape index (κ3) is 3.28. The lowest BCUT2D eigenvalue weighted by Gasteiger charge is -2.28. The van der Waals surface area contributed by atoms with Crippen molar-refractivity contribution < 1.29 is 9.53 Å². The lowest BCUT2D eigenvalue weighted by Crippen LogP contribution is -2.51. The summed E-state index contributed by atoms with van der Waals surface area (Å²) in [4.78, 5) is 12.0. The molecule has 1 aliphatic rings. The number of nitrogens with zero attached hydrogens (tertiary/aromatic N) is 2. The van der Waals surface area contributed by atoms with Crippen LogP contribution < -0.4 is 5.32 Å². The molecule has 0 radical (unpaired) electrons. The maximum atomic E-state index is 12.0. The van der Waals surface area contributed by atoms with E-state index in [4.69, 9.17) is 16.3 Å². The Kier molecular flexibility index (Phi) is 4.16. The molecule has 1 N–H and O–H groups in total. The van der Waals surface area contributed by atoms with E-state index in [0.717, 1.165) is 18.5 Å². The molecule has 0 aliphatic heterocycles. The van der Waals surface area contributed by atoms with Crippen LogP contribution in [0.2, 0.25) is 5.02 Å². The molecule has 106 valence electrons. The first kappa shape index (κ1) is 14.3. The van der Waals surface area contributed by atoms with Gasteiger partial charge in [0, 0.05) is 12.6 Å². The molecule has 6 heteroatoms. The second-order valence-corrected chi connectivity index (χ2v) is 5.70. The molecular weight excluding hydrogens is 266 g/mol. The van der Waals surface area contributed by atoms with Crippen molar-refractivity contribution in [3.63, 3.8) is 0 Å². The largest absolute Gasteiger partial charge is 0.468 e. The molecule has 0 bridgehead atoms. The highest BCUT2D eigenvalue weighted by Gasteiger charge is 2.39. The van der Waals surface area contributed by atoms with Crippen molar-refractivity contribution in [3.05, 3.63) is 16.9 Å². The summed E-state index contributed by atoms with van der Waals surface area (Å²) in [7, 11) is 1.42. The molecule has 1 aliphatic carbocycles. The van der Waals surface area contributed by atoms with E-state index in [-0.39, 0.29) is 5.97 Å². The average molecular weight is 286 g/mol. The van der Waals surface area contributed by atoms with Crippen molar-refractivity contribution in [1.29, 1.82) is 0 Å². The molecule has 2 rings (SSSR count). The van der Waals surface area contributed by atoms with Crippen molar-refractivity contribution in [1.82, 2.24) is 15.1 Å². The van der Waals surface area contributed by atoms with Crippen molar-refractivity contribution in [3.8, 4) is 0 Å². The van der Waals surface area contributed by atoms with E-state index in [9.17, 15) is 4.79 Å². The molecule has 19 heavy (non-hydrogen) atoms. The van der Waals surface area contributed by atoms with Crippen LogP contribution in [0.25, 0.3) is 0 Å². The maximum absolute atomic E-state index is 12.0. The zero-order chi connectivity index (χ0) is 14.0. The van der Waals surface area contributed by atoms with Gasteiger partial charge in [-0.1, -0.05) is 11.6 Å². The summed E-state index contributed by atoms with van der Waals surface area (Å²) in [5, 5.41) is 8.22. The summed E-state index contributed by atoms with van der Waals surface area (Å²) in [5.74, 6) is -0.227. The van der Waals surface area contributed by atoms with Crippen LogP contribution in [0.1, 0.15) is 31.9 Å². The normalized spacial score (nSPS) is 18.1. The molecule has 1 unspecified atom stereocenters. The van der Waals surface area contributed by atoms with Crippen LogP contribution in [0.3, 0.4) is 0 Å². The number of aromatic nitrogens is 2. The van der Waals surface area contributed by atoms with Gasteiger partial charge in [-0.05, 0) is 33.1 Å². The highest BCUT2D eigenvalue weighted by Crippen LogP contribution is 2.25. The second-order valence-electron chi connectivity index (χ2n) is 5.29. The summed E-state index contributed by atoms with van der Waals surface area (Å²) in [6.45, 7) is 4.43. The van der Waals surface area contributed by atoms with E-state index in [0.29, 0.717) is 24.0 Å². The SMILES string of the molecule is COC(=O)C(C)(CCn1ncc(Cl)c1C)NC1CC1. The number of carbonyl (C=O) groups excluding carboxylic acids is 1. The number of hydrogen-bond donors (Lipinski definition) is 1. The van der Waals surface area contributed by atoms with Gasteiger partial charge in [-0.15, -0.1) is 0 Å². The van der Waals surface area contributed by atoms with Crippen LogP contribution in [0.4, 0.5) is 0 Å². The highest BCUT2D eigenvalue weighted by molar-refractivity contribution is 6.31. The molecular formula is C13H20ClN3O2. The van der Waals surface area contributed by atoms with Crippen LogP contribution in [0.15, 0.2) is 6.20 Å². The Hall–Kier alpha value is -1.07. The first-order chi connectivity index (χ1) is 8.96. The maximum Gasteiger partial charge on any atom is 0.325 e. The van der Waals surface area contributed by atoms with E-state index < -0.39 is 5.54 Å². The quantitative estimate of drug-likeness (QED) is 0.812. The van der Waals surface area contributed by atoms with Gasteiger partial charge in [-0.2, -0.15) is 5.10 Å². The van der Waals surface area contributed by atoms with E-state index >= 15 is 0 Å². The molecule has 0 spiro atoms. The zero-order valence-corrected chi connectivity index (χ0v) is 12.3.